The van der Waals surface area contributed by atoms with Crippen molar-refractivity contribution in [2.75, 3.05) is 0 Å². The van der Waals surface area contributed by atoms with Crippen molar-refractivity contribution in [2.24, 2.45) is 5.92 Å². The van der Waals surface area contributed by atoms with Crippen molar-refractivity contribution in [3.8, 4) is 6.07 Å². The minimum absolute atomic E-state index is 0.0446. The van der Waals surface area contributed by atoms with Gasteiger partial charge in [0.15, 0.2) is 5.16 Å². The Bertz CT molecular complexity index is 1010. The van der Waals surface area contributed by atoms with E-state index in [0.717, 1.165) is 19.3 Å². The summed E-state index contributed by atoms with van der Waals surface area (Å²) in [4.78, 5) is 30.5. The lowest BCUT2D eigenvalue weighted by molar-refractivity contribution is -0.121. The number of nitriles is 1. The van der Waals surface area contributed by atoms with Gasteiger partial charge in [0.2, 0.25) is 5.91 Å². The second kappa shape index (κ2) is 10.3. The molecule has 0 bridgehead atoms. The van der Waals surface area contributed by atoms with Crippen LogP contribution in [0.5, 0.6) is 0 Å². The highest BCUT2D eigenvalue weighted by molar-refractivity contribution is 8.00. The van der Waals surface area contributed by atoms with Gasteiger partial charge in [-0.1, -0.05) is 57.0 Å². The number of rotatable bonds is 9. The number of hydrogen-bond donors (Lipinski definition) is 1. The number of fused-ring (bicyclic) bond motifs is 1. The lowest BCUT2D eigenvalue weighted by atomic mass is 9.90. The van der Waals surface area contributed by atoms with Crippen molar-refractivity contribution in [1.82, 2.24) is 14.9 Å². The molecule has 0 saturated carbocycles. The standard InChI is InChI=1S/C22H29ClN4O2S/c1-6-7-8-11-27-20(29)17-10-9-16(23)12-18(17)25-21(27)30-15(4)19(28)26-22(5,13-24)14(2)3/h9-10,12,14-15H,6-8,11H2,1-5H3,(H,26,28). The number of amides is 1. The molecule has 2 aromatic rings. The molecule has 0 radical (unpaired) electrons. The van der Waals surface area contributed by atoms with E-state index < -0.39 is 10.8 Å². The molecule has 2 rings (SSSR count). The first-order valence-corrected chi connectivity index (χ1v) is 11.5. The molecule has 1 aromatic heterocycles. The Labute approximate surface area is 187 Å². The minimum atomic E-state index is -0.961. The molecule has 30 heavy (non-hydrogen) atoms. The van der Waals surface area contributed by atoms with E-state index >= 15 is 0 Å². The summed E-state index contributed by atoms with van der Waals surface area (Å²) in [6, 6.07) is 7.22. The average Bonchev–Trinajstić information content (AvgIpc) is 2.69. The molecular formula is C22H29ClN4O2S. The fourth-order valence-corrected chi connectivity index (χ4v) is 3.95. The minimum Gasteiger partial charge on any atom is -0.337 e. The molecule has 8 heteroatoms. The Morgan fingerprint density at radius 2 is 2.07 bits per heavy atom. The number of carbonyl (C=O) groups excluding carboxylic acids is 1. The van der Waals surface area contributed by atoms with Crippen LogP contribution in [0.1, 0.15) is 53.9 Å². The highest BCUT2D eigenvalue weighted by Crippen LogP contribution is 2.25. The Hall–Kier alpha value is -2.04. The van der Waals surface area contributed by atoms with Crippen molar-refractivity contribution in [3.05, 3.63) is 33.6 Å². The maximum absolute atomic E-state index is 13.1. The first-order chi connectivity index (χ1) is 14.1. The molecule has 2 atom stereocenters. The third kappa shape index (κ3) is 5.55. The van der Waals surface area contributed by atoms with E-state index in [2.05, 4.69) is 23.3 Å². The summed E-state index contributed by atoms with van der Waals surface area (Å²) in [6.07, 6.45) is 2.89. The molecule has 162 valence electrons. The number of aromatic nitrogens is 2. The number of halogens is 1. The Kier molecular flexibility index (Phi) is 8.34. The molecule has 0 spiro atoms. The van der Waals surface area contributed by atoms with Gasteiger partial charge in [-0.2, -0.15) is 5.26 Å². The Morgan fingerprint density at radius 3 is 2.67 bits per heavy atom. The van der Waals surface area contributed by atoms with Gasteiger partial charge >= 0.3 is 0 Å². The maximum atomic E-state index is 13.1. The lowest BCUT2D eigenvalue weighted by Gasteiger charge is -2.28. The van der Waals surface area contributed by atoms with Crippen molar-refractivity contribution in [2.45, 2.75) is 76.4 Å². The van der Waals surface area contributed by atoms with E-state index in [9.17, 15) is 14.9 Å². The van der Waals surface area contributed by atoms with Gasteiger partial charge < -0.3 is 5.32 Å². The van der Waals surface area contributed by atoms with Gasteiger partial charge in [0.1, 0.15) is 5.54 Å². The van der Waals surface area contributed by atoms with Crippen molar-refractivity contribution in [1.29, 1.82) is 5.26 Å². The van der Waals surface area contributed by atoms with Gasteiger partial charge in [-0.25, -0.2) is 4.98 Å². The summed E-state index contributed by atoms with van der Waals surface area (Å²) in [5, 5.41) is 13.3. The second-order valence-electron chi connectivity index (χ2n) is 7.94. The first kappa shape index (κ1) is 24.2. The number of carbonyl (C=O) groups is 1. The number of nitrogens with one attached hydrogen (secondary N) is 1. The molecule has 0 saturated heterocycles. The molecule has 0 aliphatic heterocycles. The van der Waals surface area contributed by atoms with Crippen molar-refractivity contribution < 1.29 is 4.79 Å². The molecule has 0 aliphatic carbocycles. The molecule has 1 amide bonds. The van der Waals surface area contributed by atoms with Gasteiger partial charge in [-0.3, -0.25) is 14.2 Å². The number of hydrogen-bond acceptors (Lipinski definition) is 5. The van der Waals surface area contributed by atoms with Crippen molar-refractivity contribution >= 4 is 40.2 Å². The average molecular weight is 449 g/mol. The van der Waals surface area contributed by atoms with Crippen LogP contribution in [-0.4, -0.2) is 26.2 Å². The van der Waals surface area contributed by atoms with Crippen LogP contribution in [0.3, 0.4) is 0 Å². The smallest absolute Gasteiger partial charge is 0.262 e. The van der Waals surface area contributed by atoms with Crippen LogP contribution >= 0.6 is 23.4 Å². The predicted molar refractivity (Wildman–Crippen MR) is 123 cm³/mol. The largest absolute Gasteiger partial charge is 0.337 e. The van der Waals surface area contributed by atoms with Gasteiger partial charge in [0.05, 0.1) is 22.2 Å². The number of thioether (sulfide) groups is 1. The number of benzene rings is 1. The Morgan fingerprint density at radius 1 is 1.37 bits per heavy atom. The maximum Gasteiger partial charge on any atom is 0.262 e. The molecule has 1 aromatic carbocycles. The van der Waals surface area contributed by atoms with Crippen LogP contribution in [0.15, 0.2) is 28.2 Å². The summed E-state index contributed by atoms with van der Waals surface area (Å²) >= 11 is 7.31. The summed E-state index contributed by atoms with van der Waals surface area (Å²) in [6.45, 7) is 9.89. The third-order valence-electron chi connectivity index (χ3n) is 5.29. The van der Waals surface area contributed by atoms with E-state index in [0.29, 0.717) is 27.6 Å². The van der Waals surface area contributed by atoms with Crippen molar-refractivity contribution in [3.63, 3.8) is 0 Å². The van der Waals surface area contributed by atoms with Gasteiger partial charge in [0.25, 0.3) is 5.56 Å². The zero-order chi connectivity index (χ0) is 22.5. The summed E-state index contributed by atoms with van der Waals surface area (Å²) < 4.78 is 1.65. The normalized spacial score (nSPS) is 14.3. The lowest BCUT2D eigenvalue weighted by Crippen LogP contribution is -2.51. The number of unbranched alkanes of at least 4 members (excludes halogenated alkanes) is 2. The Balaban J connectivity index is 2.38. The molecular weight excluding hydrogens is 420 g/mol. The predicted octanol–water partition coefficient (Wildman–Crippen LogP) is 4.78. The van der Waals surface area contributed by atoms with Gasteiger partial charge in [-0.15, -0.1) is 0 Å². The van der Waals surface area contributed by atoms with Crippen LogP contribution in [0.2, 0.25) is 5.02 Å². The fourth-order valence-electron chi connectivity index (χ4n) is 2.85. The third-order valence-corrected chi connectivity index (χ3v) is 6.61. The first-order valence-electron chi connectivity index (χ1n) is 10.2. The van der Waals surface area contributed by atoms with Crippen LogP contribution in [0, 0.1) is 17.2 Å². The number of nitrogens with zero attached hydrogens (tertiary/aromatic N) is 3. The van der Waals surface area contributed by atoms with Crippen LogP contribution in [0.25, 0.3) is 10.9 Å². The topological polar surface area (TPSA) is 87.8 Å². The van der Waals surface area contributed by atoms with E-state index in [-0.39, 0.29) is 17.4 Å². The summed E-state index contributed by atoms with van der Waals surface area (Å²) in [7, 11) is 0. The molecule has 0 fully saturated rings. The summed E-state index contributed by atoms with van der Waals surface area (Å²) in [5.74, 6) is -0.310. The van der Waals surface area contributed by atoms with E-state index in [1.54, 1.807) is 36.6 Å². The highest BCUT2D eigenvalue weighted by Gasteiger charge is 2.32. The second-order valence-corrected chi connectivity index (χ2v) is 9.68. The van der Waals surface area contributed by atoms with E-state index in [1.165, 1.54) is 11.8 Å². The van der Waals surface area contributed by atoms with E-state index in [1.807, 2.05) is 13.8 Å². The van der Waals surface area contributed by atoms with Crippen LogP contribution in [-0.2, 0) is 11.3 Å². The zero-order valence-electron chi connectivity index (χ0n) is 18.2. The van der Waals surface area contributed by atoms with Crippen LogP contribution in [0.4, 0.5) is 0 Å². The molecule has 2 unspecified atom stereocenters. The molecule has 0 aliphatic rings. The SMILES string of the molecule is CCCCCn1c(SC(C)C(=O)NC(C)(C#N)C(C)C)nc2cc(Cl)ccc2c1=O. The molecule has 1 N–H and O–H groups in total. The quantitative estimate of drug-likeness (QED) is 0.339. The van der Waals surface area contributed by atoms with E-state index in [4.69, 9.17) is 11.6 Å². The zero-order valence-corrected chi connectivity index (χ0v) is 19.7. The fraction of sp³-hybridized carbons (Fsp3) is 0.545. The monoisotopic (exact) mass is 448 g/mol. The van der Waals surface area contributed by atoms with Gasteiger partial charge in [0, 0.05) is 11.6 Å². The molecule has 6 nitrogen and oxygen atoms in total. The highest BCUT2D eigenvalue weighted by atomic mass is 35.5. The summed E-state index contributed by atoms with van der Waals surface area (Å²) in [5.41, 5.74) is -0.581. The van der Waals surface area contributed by atoms with Crippen LogP contribution < -0.4 is 10.9 Å². The van der Waals surface area contributed by atoms with Gasteiger partial charge in [-0.05, 0) is 44.4 Å². The molecule has 1 heterocycles.